The molecule has 6 nitrogen and oxygen atoms in total. The molecule has 1 aliphatic heterocycles. The first-order chi connectivity index (χ1) is 13.5. The fourth-order valence-corrected chi connectivity index (χ4v) is 4.58. The molecule has 3 N–H and O–H groups in total. The highest BCUT2D eigenvalue weighted by atomic mass is 35.5. The summed E-state index contributed by atoms with van der Waals surface area (Å²) in [6.07, 6.45) is 0.830. The Balaban J connectivity index is 1.70. The number of carbonyl (C=O) groups is 1. The summed E-state index contributed by atoms with van der Waals surface area (Å²) in [6.45, 7) is 0. The molecule has 1 amide bonds. The van der Waals surface area contributed by atoms with Gasteiger partial charge in [-0.1, -0.05) is 35.9 Å². The van der Waals surface area contributed by atoms with Crippen LogP contribution < -0.4 is 11.1 Å². The van der Waals surface area contributed by atoms with E-state index in [1.807, 2.05) is 36.4 Å². The lowest BCUT2D eigenvalue weighted by molar-refractivity contribution is -0.117. The molecule has 8 heteroatoms. The Kier molecular flexibility index (Phi) is 5.21. The number of nitrogens with two attached hydrogens (primary N) is 1. The van der Waals surface area contributed by atoms with Crippen molar-refractivity contribution >= 4 is 40.2 Å². The molecule has 1 unspecified atom stereocenters. The highest BCUT2D eigenvalue weighted by Crippen LogP contribution is 2.34. The summed E-state index contributed by atoms with van der Waals surface area (Å²) in [4.78, 5) is 20.9. The van der Waals surface area contributed by atoms with Crippen molar-refractivity contribution in [3.8, 4) is 11.4 Å². The van der Waals surface area contributed by atoms with Gasteiger partial charge in [-0.15, -0.1) is 0 Å². The summed E-state index contributed by atoms with van der Waals surface area (Å²) in [5.41, 5.74) is 8.42. The van der Waals surface area contributed by atoms with E-state index in [1.165, 1.54) is 0 Å². The minimum atomic E-state index is -1.14. The number of aryl methyl sites for hydroxylation is 1. The Hall–Kier alpha value is -2.61. The minimum Gasteiger partial charge on any atom is -0.611 e. The van der Waals surface area contributed by atoms with Crippen LogP contribution in [0.3, 0.4) is 0 Å². The maximum Gasteiger partial charge on any atom is 0.221 e. The largest absolute Gasteiger partial charge is 0.611 e. The Morgan fingerprint density at radius 3 is 2.71 bits per heavy atom. The van der Waals surface area contributed by atoms with Crippen LogP contribution >= 0.6 is 11.6 Å². The van der Waals surface area contributed by atoms with E-state index in [2.05, 4.69) is 15.3 Å². The van der Waals surface area contributed by atoms with Gasteiger partial charge in [0.15, 0.2) is 11.6 Å². The van der Waals surface area contributed by atoms with Crippen LogP contribution in [0, 0.1) is 0 Å². The third-order valence-electron chi connectivity index (χ3n) is 4.37. The number of hydrogen-bond donors (Lipinski definition) is 2. The van der Waals surface area contributed by atoms with Crippen molar-refractivity contribution < 1.29 is 9.35 Å². The molecule has 2 heterocycles. The molecule has 0 saturated carbocycles. The maximum absolute atomic E-state index is 12.5. The third kappa shape index (κ3) is 3.96. The summed E-state index contributed by atoms with van der Waals surface area (Å²) in [5.74, 6) is 1.22. The molecule has 0 aliphatic carbocycles. The maximum atomic E-state index is 12.5. The van der Waals surface area contributed by atoms with Crippen LogP contribution in [0.25, 0.3) is 11.4 Å². The van der Waals surface area contributed by atoms with Gasteiger partial charge in [-0.2, -0.15) is 0 Å². The molecule has 1 atom stereocenters. The van der Waals surface area contributed by atoms with Gasteiger partial charge in [0.25, 0.3) is 0 Å². The zero-order valence-electron chi connectivity index (χ0n) is 14.8. The molecule has 4 rings (SSSR count). The van der Waals surface area contributed by atoms with Gasteiger partial charge in [0.1, 0.15) is 11.4 Å². The second-order valence-electron chi connectivity index (χ2n) is 6.45. The van der Waals surface area contributed by atoms with E-state index in [9.17, 15) is 9.35 Å². The molecular weight excluding hydrogens is 396 g/mol. The van der Waals surface area contributed by atoms with Crippen LogP contribution in [0.5, 0.6) is 0 Å². The highest BCUT2D eigenvalue weighted by Gasteiger charge is 2.32. The number of halogens is 1. The first-order valence-corrected chi connectivity index (χ1v) is 10.4. The van der Waals surface area contributed by atoms with Crippen molar-refractivity contribution in [2.45, 2.75) is 17.7 Å². The van der Waals surface area contributed by atoms with Crippen LogP contribution in [-0.2, 0) is 28.8 Å². The van der Waals surface area contributed by atoms with Crippen LogP contribution in [0.1, 0.15) is 11.3 Å². The first-order valence-electron chi connectivity index (χ1n) is 8.69. The lowest BCUT2D eigenvalue weighted by atomic mass is 10.1. The number of anilines is 2. The number of carbonyl (C=O) groups excluding carboxylic acids is 1. The van der Waals surface area contributed by atoms with Crippen molar-refractivity contribution in [3.05, 3.63) is 64.8 Å². The molecule has 3 aromatic rings. The van der Waals surface area contributed by atoms with E-state index in [0.29, 0.717) is 33.7 Å². The number of nitrogens with one attached hydrogen (secondary N) is 1. The second kappa shape index (κ2) is 7.79. The summed E-state index contributed by atoms with van der Waals surface area (Å²) in [7, 11) is 0. The molecule has 0 bridgehead atoms. The number of fused-ring (bicyclic) bond motifs is 1. The van der Waals surface area contributed by atoms with Gasteiger partial charge in [0.2, 0.25) is 10.8 Å². The van der Waals surface area contributed by atoms with Crippen molar-refractivity contribution in [3.63, 3.8) is 0 Å². The van der Waals surface area contributed by atoms with Crippen molar-refractivity contribution in [1.29, 1.82) is 0 Å². The minimum absolute atomic E-state index is 0.187. The molecule has 0 fully saturated rings. The van der Waals surface area contributed by atoms with Crippen LogP contribution in [0.15, 0.2) is 53.4 Å². The van der Waals surface area contributed by atoms with E-state index >= 15 is 0 Å². The SMILES string of the molecule is NC(=O)Cc1ccc(Nc2nc(-c3cccc(Cl)c3)nc3c2[S+]([O-])CC3)cc1. The van der Waals surface area contributed by atoms with Crippen LogP contribution in [0.2, 0.25) is 5.02 Å². The number of amides is 1. The lowest BCUT2D eigenvalue weighted by Crippen LogP contribution is -2.13. The Morgan fingerprint density at radius 2 is 2.00 bits per heavy atom. The molecule has 0 saturated heterocycles. The van der Waals surface area contributed by atoms with E-state index < -0.39 is 11.2 Å². The predicted molar refractivity (Wildman–Crippen MR) is 110 cm³/mol. The molecule has 1 aliphatic rings. The number of benzene rings is 2. The third-order valence-corrected chi connectivity index (χ3v) is 6.06. The van der Waals surface area contributed by atoms with Crippen molar-refractivity contribution in [1.82, 2.24) is 9.97 Å². The van der Waals surface area contributed by atoms with E-state index in [0.717, 1.165) is 22.5 Å². The topological polar surface area (TPSA) is 104 Å². The number of aromatic nitrogens is 2. The molecule has 28 heavy (non-hydrogen) atoms. The van der Waals surface area contributed by atoms with Gasteiger partial charge >= 0.3 is 0 Å². The number of primary amides is 1. The molecule has 2 aromatic carbocycles. The van der Waals surface area contributed by atoms with Gasteiger partial charge in [-0.05, 0) is 41.0 Å². The van der Waals surface area contributed by atoms with Crippen LogP contribution in [0.4, 0.5) is 11.5 Å². The average molecular weight is 413 g/mol. The Labute approximate surface area is 170 Å². The summed E-state index contributed by atoms with van der Waals surface area (Å²) >= 11 is 4.96. The molecule has 1 aromatic heterocycles. The fourth-order valence-electron chi connectivity index (χ4n) is 3.08. The Bertz CT molecular complexity index is 1040. The summed E-state index contributed by atoms with van der Waals surface area (Å²) in [5, 5.41) is 3.85. The number of rotatable bonds is 5. The molecule has 0 radical (unpaired) electrons. The standard InChI is InChI=1S/C20H17ClN4O2S/c21-14-3-1-2-13(11-14)19-24-16-8-9-28(27)18(16)20(25-19)23-15-6-4-12(5-7-15)10-17(22)26/h1-7,11H,8-10H2,(H2,22,26)(H,23,24,25). The fraction of sp³-hybridized carbons (Fsp3) is 0.150. The monoisotopic (exact) mass is 412 g/mol. The Morgan fingerprint density at radius 1 is 1.21 bits per heavy atom. The van der Waals surface area contributed by atoms with Gasteiger partial charge in [-0.3, -0.25) is 4.79 Å². The number of hydrogen-bond acceptors (Lipinski definition) is 5. The lowest BCUT2D eigenvalue weighted by Gasteiger charge is -2.13. The van der Waals surface area contributed by atoms with Gasteiger partial charge < -0.3 is 15.6 Å². The summed E-state index contributed by atoms with van der Waals surface area (Å²) < 4.78 is 12.5. The number of nitrogens with zero attached hydrogens (tertiary/aromatic N) is 2. The first kappa shape index (κ1) is 18.7. The molecule has 0 spiro atoms. The van der Waals surface area contributed by atoms with Crippen LogP contribution in [-0.4, -0.2) is 26.2 Å². The van der Waals surface area contributed by atoms with E-state index in [4.69, 9.17) is 17.3 Å². The zero-order valence-corrected chi connectivity index (χ0v) is 16.4. The van der Waals surface area contributed by atoms with Gasteiger partial charge in [0.05, 0.1) is 6.42 Å². The normalized spacial score (nSPS) is 15.3. The highest BCUT2D eigenvalue weighted by molar-refractivity contribution is 7.91. The smallest absolute Gasteiger partial charge is 0.221 e. The van der Waals surface area contributed by atoms with Crippen molar-refractivity contribution in [2.75, 3.05) is 11.1 Å². The second-order valence-corrected chi connectivity index (χ2v) is 8.39. The zero-order chi connectivity index (χ0) is 19.7. The quantitative estimate of drug-likeness (QED) is 0.626. The molecular formula is C20H17ClN4O2S. The van der Waals surface area contributed by atoms with Gasteiger partial charge in [-0.25, -0.2) is 9.97 Å². The molecule has 142 valence electrons. The van der Waals surface area contributed by atoms with Gasteiger partial charge in [0, 0.05) is 22.7 Å². The van der Waals surface area contributed by atoms with Crippen molar-refractivity contribution in [2.24, 2.45) is 5.73 Å². The average Bonchev–Trinajstić information content (AvgIpc) is 3.04. The predicted octanol–water partition coefficient (Wildman–Crippen LogP) is 3.23. The van der Waals surface area contributed by atoms with E-state index in [-0.39, 0.29) is 12.3 Å². The van der Waals surface area contributed by atoms with E-state index in [1.54, 1.807) is 12.1 Å². The summed E-state index contributed by atoms with van der Waals surface area (Å²) in [6, 6.07) is 14.6.